The second-order valence-electron chi connectivity index (χ2n) is 5.27. The molecule has 21 heavy (non-hydrogen) atoms. The maximum Gasteiger partial charge on any atom is 0.327 e. The molecule has 0 aliphatic heterocycles. The van der Waals surface area contributed by atoms with Crippen molar-refractivity contribution in [1.29, 1.82) is 0 Å². The predicted molar refractivity (Wildman–Crippen MR) is 88.4 cm³/mol. The Labute approximate surface area is 138 Å². The highest BCUT2D eigenvalue weighted by atomic mass is 79.9. The van der Waals surface area contributed by atoms with Gasteiger partial charge >= 0.3 is 5.97 Å². The van der Waals surface area contributed by atoms with E-state index in [0.29, 0.717) is 11.7 Å². The molecule has 116 valence electrons. The molecule has 1 N–H and O–H groups in total. The fraction of sp³-hybridized carbons (Fsp3) is 0.600. The highest BCUT2D eigenvalue weighted by Gasteiger charge is 2.51. The zero-order valence-corrected chi connectivity index (χ0v) is 14.8. The number of methoxy groups -OCH3 is 1. The monoisotopic (exact) mass is 372 g/mol. The molecule has 4 nitrogen and oxygen atoms in total. The normalized spacial score (nSPS) is 17.3. The van der Waals surface area contributed by atoms with Gasteiger partial charge in [-0.15, -0.1) is 11.8 Å². The maximum absolute atomic E-state index is 12.4. The number of thioether (sulfide) groups is 1. The molecule has 0 bridgehead atoms. The first-order valence-corrected chi connectivity index (χ1v) is 8.98. The maximum atomic E-state index is 12.4. The molecule has 2 rings (SSSR count). The lowest BCUT2D eigenvalue weighted by Crippen LogP contribution is -2.57. The summed E-state index contributed by atoms with van der Waals surface area (Å²) in [5, 5.41) is 4.37. The molecule has 0 radical (unpaired) electrons. The number of hydrogen-bond acceptors (Lipinski definition) is 5. The van der Waals surface area contributed by atoms with E-state index in [-0.39, 0.29) is 5.97 Å². The van der Waals surface area contributed by atoms with Crippen LogP contribution >= 0.6 is 27.7 Å². The summed E-state index contributed by atoms with van der Waals surface area (Å²) in [6, 6.07) is 3.93. The highest BCUT2D eigenvalue weighted by Crippen LogP contribution is 2.43. The molecule has 1 atom stereocenters. The van der Waals surface area contributed by atoms with E-state index in [4.69, 9.17) is 4.74 Å². The van der Waals surface area contributed by atoms with E-state index in [0.717, 1.165) is 35.3 Å². The van der Waals surface area contributed by atoms with Gasteiger partial charge in [0.2, 0.25) is 0 Å². The summed E-state index contributed by atoms with van der Waals surface area (Å²) in [5.41, 5.74) is -0.579. The molecular weight excluding hydrogens is 352 g/mol. The minimum absolute atomic E-state index is 0.150. The first kappa shape index (κ1) is 16.8. The lowest BCUT2D eigenvalue weighted by molar-refractivity contribution is -0.148. The lowest BCUT2D eigenvalue weighted by atomic mass is 9.95. The molecule has 1 saturated carbocycles. The standard InChI is InChI=1S/C15H21BrN2O2S/c1-3-8-18-15(11-4-5-11,14(19)20-2)10-21-13-7-6-12(16)9-17-13/h6-7,9,11,18H,3-5,8,10H2,1-2H3. The Morgan fingerprint density at radius 2 is 2.33 bits per heavy atom. The molecule has 0 aromatic carbocycles. The van der Waals surface area contributed by atoms with Crippen molar-refractivity contribution in [1.82, 2.24) is 10.3 Å². The fourth-order valence-electron chi connectivity index (χ4n) is 2.35. The van der Waals surface area contributed by atoms with Gasteiger partial charge in [0.25, 0.3) is 0 Å². The average Bonchev–Trinajstić information content (AvgIpc) is 3.34. The SMILES string of the molecule is CCCNC(CSc1ccc(Br)cn1)(C(=O)OC)C1CC1. The van der Waals surface area contributed by atoms with Gasteiger partial charge in [-0.05, 0) is 59.8 Å². The van der Waals surface area contributed by atoms with Crippen molar-refractivity contribution in [2.24, 2.45) is 5.92 Å². The van der Waals surface area contributed by atoms with Crippen LogP contribution in [0.5, 0.6) is 0 Å². The van der Waals surface area contributed by atoms with Crippen LogP contribution in [-0.4, -0.2) is 35.9 Å². The van der Waals surface area contributed by atoms with Gasteiger partial charge in [-0.25, -0.2) is 4.98 Å². The van der Waals surface area contributed by atoms with Crippen molar-refractivity contribution >= 4 is 33.7 Å². The van der Waals surface area contributed by atoms with Crippen LogP contribution in [-0.2, 0) is 9.53 Å². The van der Waals surface area contributed by atoms with Crippen molar-refractivity contribution in [3.8, 4) is 0 Å². The van der Waals surface area contributed by atoms with Gasteiger partial charge in [0, 0.05) is 16.4 Å². The number of ether oxygens (including phenoxy) is 1. The number of aromatic nitrogens is 1. The molecule has 1 aromatic rings. The number of carbonyl (C=O) groups is 1. The third-order valence-corrected chi connectivity index (χ3v) is 5.27. The van der Waals surface area contributed by atoms with Gasteiger partial charge in [0.05, 0.1) is 12.1 Å². The number of halogens is 1. The topological polar surface area (TPSA) is 51.2 Å². The van der Waals surface area contributed by atoms with Crippen molar-refractivity contribution < 1.29 is 9.53 Å². The van der Waals surface area contributed by atoms with Crippen LogP contribution in [0.3, 0.4) is 0 Å². The van der Waals surface area contributed by atoms with Crippen LogP contribution in [0.25, 0.3) is 0 Å². The zero-order chi connectivity index (χ0) is 15.3. The molecule has 1 heterocycles. The summed E-state index contributed by atoms with van der Waals surface area (Å²) >= 11 is 4.98. The molecule has 1 aromatic heterocycles. The Hall–Kier alpha value is -0.590. The molecule has 0 saturated heterocycles. The van der Waals surface area contributed by atoms with Crippen LogP contribution in [0.1, 0.15) is 26.2 Å². The molecule has 1 aliphatic rings. The van der Waals surface area contributed by atoms with E-state index in [9.17, 15) is 4.79 Å². The number of pyridine rings is 1. The van der Waals surface area contributed by atoms with Gasteiger partial charge in [-0.3, -0.25) is 4.79 Å². The van der Waals surface area contributed by atoms with Crippen molar-refractivity contribution in [3.05, 3.63) is 22.8 Å². The van der Waals surface area contributed by atoms with E-state index in [1.807, 2.05) is 12.1 Å². The molecular formula is C15H21BrN2O2S. The molecule has 1 aliphatic carbocycles. The van der Waals surface area contributed by atoms with Gasteiger partial charge in [-0.2, -0.15) is 0 Å². The van der Waals surface area contributed by atoms with E-state index in [1.165, 1.54) is 7.11 Å². The number of rotatable bonds is 8. The van der Waals surface area contributed by atoms with Crippen LogP contribution in [0, 0.1) is 5.92 Å². The molecule has 6 heteroatoms. The summed E-state index contributed by atoms with van der Waals surface area (Å²) in [6.45, 7) is 2.92. The first-order valence-electron chi connectivity index (χ1n) is 7.20. The van der Waals surface area contributed by atoms with Crippen LogP contribution < -0.4 is 5.32 Å². The quantitative estimate of drug-likeness (QED) is 0.560. The number of esters is 1. The molecule has 0 amide bonds. The third-order valence-electron chi connectivity index (χ3n) is 3.66. The Bertz CT molecular complexity index is 479. The summed E-state index contributed by atoms with van der Waals surface area (Å²) in [5.74, 6) is 0.876. The number of nitrogens with one attached hydrogen (secondary N) is 1. The Morgan fingerprint density at radius 1 is 1.57 bits per heavy atom. The van der Waals surface area contributed by atoms with Gasteiger partial charge in [0.15, 0.2) is 0 Å². The summed E-state index contributed by atoms with van der Waals surface area (Å²) in [7, 11) is 1.47. The van der Waals surface area contributed by atoms with Gasteiger partial charge < -0.3 is 10.1 Å². The molecule has 0 spiro atoms. The van der Waals surface area contributed by atoms with Crippen LogP contribution in [0.4, 0.5) is 0 Å². The van der Waals surface area contributed by atoms with Gasteiger partial charge in [0.1, 0.15) is 5.54 Å². The lowest BCUT2D eigenvalue weighted by Gasteiger charge is -2.32. The van der Waals surface area contributed by atoms with E-state index < -0.39 is 5.54 Å². The Kier molecular flexibility index (Phi) is 6.08. The number of carbonyl (C=O) groups excluding carboxylic acids is 1. The van der Waals surface area contributed by atoms with E-state index >= 15 is 0 Å². The molecule has 1 unspecified atom stereocenters. The van der Waals surface area contributed by atoms with Crippen LogP contribution in [0.2, 0.25) is 0 Å². The van der Waals surface area contributed by atoms with Crippen molar-refractivity contribution in [3.63, 3.8) is 0 Å². The number of nitrogens with zero attached hydrogens (tertiary/aromatic N) is 1. The van der Waals surface area contributed by atoms with E-state index in [1.54, 1.807) is 18.0 Å². The minimum Gasteiger partial charge on any atom is -0.468 e. The zero-order valence-electron chi connectivity index (χ0n) is 12.4. The van der Waals surface area contributed by atoms with Gasteiger partial charge in [-0.1, -0.05) is 6.92 Å². The number of hydrogen-bond donors (Lipinski definition) is 1. The van der Waals surface area contributed by atoms with Crippen molar-refractivity contribution in [2.75, 3.05) is 19.4 Å². The Balaban J connectivity index is 2.10. The first-order chi connectivity index (χ1) is 10.1. The predicted octanol–water partition coefficient (Wildman–Crippen LogP) is 3.26. The largest absolute Gasteiger partial charge is 0.468 e. The Morgan fingerprint density at radius 3 is 2.86 bits per heavy atom. The second-order valence-corrected chi connectivity index (χ2v) is 7.18. The fourth-order valence-corrected chi connectivity index (χ4v) is 3.71. The summed E-state index contributed by atoms with van der Waals surface area (Å²) in [4.78, 5) is 16.7. The van der Waals surface area contributed by atoms with E-state index in [2.05, 4.69) is 33.2 Å². The molecule has 1 fully saturated rings. The summed E-state index contributed by atoms with van der Waals surface area (Å²) in [6.07, 6.45) is 4.94. The highest BCUT2D eigenvalue weighted by molar-refractivity contribution is 9.10. The van der Waals surface area contributed by atoms with Crippen molar-refractivity contribution in [2.45, 2.75) is 36.8 Å². The van der Waals surface area contributed by atoms with Crippen LogP contribution in [0.15, 0.2) is 27.8 Å². The minimum atomic E-state index is -0.579. The second kappa shape index (κ2) is 7.61. The summed E-state index contributed by atoms with van der Waals surface area (Å²) < 4.78 is 6.03. The average molecular weight is 373 g/mol. The third kappa shape index (κ3) is 4.20. The smallest absolute Gasteiger partial charge is 0.327 e.